The van der Waals surface area contributed by atoms with E-state index in [4.69, 9.17) is 5.11 Å². The van der Waals surface area contributed by atoms with E-state index in [0.29, 0.717) is 18.6 Å². The molecule has 0 heterocycles. The molecular formula is C12H13F2NO4S. The van der Waals surface area contributed by atoms with Gasteiger partial charge in [0, 0.05) is 6.04 Å². The number of hydrogen-bond donors (Lipinski definition) is 2. The summed E-state index contributed by atoms with van der Waals surface area (Å²) in [6.45, 7) is 3.65. The van der Waals surface area contributed by atoms with Crippen LogP contribution in [0.4, 0.5) is 8.78 Å². The van der Waals surface area contributed by atoms with E-state index in [2.05, 4.69) is 4.72 Å². The highest BCUT2D eigenvalue weighted by atomic mass is 32.2. The van der Waals surface area contributed by atoms with E-state index >= 15 is 0 Å². The maximum absolute atomic E-state index is 13.6. The SMILES string of the molecule is CC1(C)CC1NS(=O)(=O)c1cc(C(=O)O)cc(F)c1F. The monoisotopic (exact) mass is 305 g/mol. The Morgan fingerprint density at radius 3 is 2.40 bits per heavy atom. The number of carboxylic acids is 1. The van der Waals surface area contributed by atoms with Crippen LogP contribution in [0.2, 0.25) is 0 Å². The zero-order valence-corrected chi connectivity index (χ0v) is 11.6. The molecule has 0 radical (unpaired) electrons. The summed E-state index contributed by atoms with van der Waals surface area (Å²) < 4.78 is 53.2. The van der Waals surface area contributed by atoms with Crippen molar-refractivity contribution in [1.82, 2.24) is 4.72 Å². The molecule has 0 aromatic heterocycles. The summed E-state index contributed by atoms with van der Waals surface area (Å²) in [7, 11) is -4.31. The number of carbonyl (C=O) groups is 1. The highest BCUT2D eigenvalue weighted by Gasteiger charge is 2.48. The van der Waals surface area contributed by atoms with E-state index in [1.807, 2.05) is 13.8 Å². The average Bonchev–Trinajstić information content (AvgIpc) is 2.87. The number of hydrogen-bond acceptors (Lipinski definition) is 3. The Bertz CT molecular complexity index is 685. The fourth-order valence-corrected chi connectivity index (χ4v) is 3.32. The quantitative estimate of drug-likeness (QED) is 0.887. The lowest BCUT2D eigenvalue weighted by Crippen LogP contribution is -2.29. The average molecular weight is 305 g/mol. The minimum Gasteiger partial charge on any atom is -0.478 e. The lowest BCUT2D eigenvalue weighted by Gasteiger charge is -2.10. The van der Waals surface area contributed by atoms with Crippen LogP contribution in [-0.2, 0) is 10.0 Å². The van der Waals surface area contributed by atoms with Crippen LogP contribution < -0.4 is 4.72 Å². The summed E-state index contributed by atoms with van der Waals surface area (Å²) in [5, 5.41) is 8.76. The van der Waals surface area contributed by atoms with E-state index in [-0.39, 0.29) is 11.5 Å². The minimum absolute atomic E-state index is 0.244. The molecule has 0 bridgehead atoms. The maximum atomic E-state index is 13.6. The molecule has 2 rings (SSSR count). The smallest absolute Gasteiger partial charge is 0.335 e. The van der Waals surface area contributed by atoms with Gasteiger partial charge in [0.15, 0.2) is 11.6 Å². The zero-order valence-electron chi connectivity index (χ0n) is 10.8. The first-order valence-corrected chi connectivity index (χ1v) is 7.27. The highest BCUT2D eigenvalue weighted by molar-refractivity contribution is 7.89. The van der Waals surface area contributed by atoms with Crippen molar-refractivity contribution in [1.29, 1.82) is 0 Å². The molecule has 1 fully saturated rings. The molecule has 0 amide bonds. The summed E-state index contributed by atoms with van der Waals surface area (Å²) in [4.78, 5) is 9.79. The standard InChI is InChI=1S/C12H13F2NO4S/c1-12(2)5-9(12)15-20(18,19)8-4-6(11(16)17)3-7(13)10(8)14/h3-4,9,15H,5H2,1-2H3,(H,16,17). The summed E-state index contributed by atoms with van der Waals surface area (Å²) in [5.74, 6) is -4.63. The van der Waals surface area contributed by atoms with Crippen molar-refractivity contribution in [2.45, 2.75) is 31.2 Å². The lowest BCUT2D eigenvalue weighted by molar-refractivity contribution is 0.0696. The second-order valence-electron chi connectivity index (χ2n) is 5.44. The zero-order chi connectivity index (χ0) is 15.3. The van der Waals surface area contributed by atoms with E-state index in [9.17, 15) is 22.0 Å². The van der Waals surface area contributed by atoms with Gasteiger partial charge in [-0.1, -0.05) is 13.8 Å². The van der Waals surface area contributed by atoms with Crippen molar-refractivity contribution in [3.8, 4) is 0 Å². The molecule has 2 N–H and O–H groups in total. The number of carboxylic acid groups (broad SMARTS) is 1. The van der Waals surface area contributed by atoms with Crippen molar-refractivity contribution in [3.05, 3.63) is 29.3 Å². The van der Waals surface area contributed by atoms with Gasteiger partial charge in [0.25, 0.3) is 0 Å². The van der Waals surface area contributed by atoms with Gasteiger partial charge < -0.3 is 5.11 Å². The fraction of sp³-hybridized carbons (Fsp3) is 0.417. The first-order valence-electron chi connectivity index (χ1n) is 5.79. The fourth-order valence-electron chi connectivity index (χ4n) is 1.80. The van der Waals surface area contributed by atoms with Crippen LogP contribution in [0.3, 0.4) is 0 Å². The van der Waals surface area contributed by atoms with Crippen LogP contribution in [0.25, 0.3) is 0 Å². The Hall–Kier alpha value is -1.54. The van der Waals surface area contributed by atoms with E-state index in [1.54, 1.807) is 0 Å². The number of aromatic carboxylic acids is 1. The van der Waals surface area contributed by atoms with Gasteiger partial charge in [-0.2, -0.15) is 0 Å². The Balaban J connectivity index is 2.43. The van der Waals surface area contributed by atoms with Crippen LogP contribution in [0.15, 0.2) is 17.0 Å². The van der Waals surface area contributed by atoms with Gasteiger partial charge in [0.05, 0.1) is 5.56 Å². The molecule has 0 saturated heterocycles. The molecule has 1 atom stereocenters. The van der Waals surface area contributed by atoms with Crippen molar-refractivity contribution < 1.29 is 27.1 Å². The summed E-state index contributed by atoms with van der Waals surface area (Å²) in [6.07, 6.45) is 0.578. The van der Waals surface area contributed by atoms with Gasteiger partial charge in [-0.3, -0.25) is 0 Å². The largest absolute Gasteiger partial charge is 0.478 e. The van der Waals surface area contributed by atoms with Crippen molar-refractivity contribution in [3.63, 3.8) is 0 Å². The van der Waals surface area contributed by atoms with Crippen molar-refractivity contribution in [2.24, 2.45) is 5.41 Å². The summed E-state index contributed by atoms with van der Waals surface area (Å²) in [5.41, 5.74) is -0.869. The van der Waals surface area contributed by atoms with Crippen LogP contribution in [0, 0.1) is 17.0 Å². The normalized spacial score (nSPS) is 20.7. The molecule has 1 saturated carbocycles. The molecule has 0 aliphatic heterocycles. The Morgan fingerprint density at radius 2 is 1.95 bits per heavy atom. The second kappa shape index (κ2) is 4.49. The van der Waals surface area contributed by atoms with E-state index in [0.717, 1.165) is 0 Å². The third-order valence-electron chi connectivity index (χ3n) is 3.34. The molecule has 0 spiro atoms. The Morgan fingerprint density at radius 1 is 1.40 bits per heavy atom. The molecule has 1 aliphatic carbocycles. The number of nitrogens with one attached hydrogen (secondary N) is 1. The topological polar surface area (TPSA) is 83.5 Å². The van der Waals surface area contributed by atoms with Gasteiger partial charge in [0.1, 0.15) is 4.90 Å². The number of sulfonamides is 1. The summed E-state index contributed by atoms with van der Waals surface area (Å²) in [6, 6.07) is 0.680. The third-order valence-corrected chi connectivity index (χ3v) is 4.81. The molecule has 1 aromatic rings. The summed E-state index contributed by atoms with van der Waals surface area (Å²) >= 11 is 0. The van der Waals surface area contributed by atoms with Gasteiger partial charge in [-0.15, -0.1) is 0 Å². The van der Waals surface area contributed by atoms with Crippen LogP contribution in [0.5, 0.6) is 0 Å². The number of halogens is 2. The number of benzene rings is 1. The van der Waals surface area contributed by atoms with E-state index < -0.39 is 38.1 Å². The Kier molecular flexibility index (Phi) is 3.34. The molecule has 20 heavy (non-hydrogen) atoms. The van der Waals surface area contributed by atoms with Crippen LogP contribution >= 0.6 is 0 Å². The van der Waals surface area contributed by atoms with Gasteiger partial charge in [-0.05, 0) is 24.0 Å². The first kappa shape index (κ1) is 14.9. The maximum Gasteiger partial charge on any atom is 0.335 e. The Labute approximate surface area is 114 Å². The van der Waals surface area contributed by atoms with Gasteiger partial charge >= 0.3 is 5.97 Å². The molecular weight excluding hydrogens is 292 g/mol. The van der Waals surface area contributed by atoms with Crippen molar-refractivity contribution in [2.75, 3.05) is 0 Å². The highest BCUT2D eigenvalue weighted by Crippen LogP contribution is 2.45. The minimum atomic E-state index is -4.31. The molecule has 1 unspecified atom stereocenters. The first-order chi connectivity index (χ1) is 9.04. The molecule has 8 heteroatoms. The lowest BCUT2D eigenvalue weighted by atomic mass is 10.2. The molecule has 1 aromatic carbocycles. The predicted molar refractivity (Wildman–Crippen MR) is 65.8 cm³/mol. The number of rotatable bonds is 4. The van der Waals surface area contributed by atoms with Gasteiger partial charge in [0.2, 0.25) is 10.0 Å². The predicted octanol–water partition coefficient (Wildman–Crippen LogP) is 1.74. The third kappa shape index (κ3) is 2.66. The van der Waals surface area contributed by atoms with Crippen LogP contribution in [-0.4, -0.2) is 25.5 Å². The van der Waals surface area contributed by atoms with Crippen LogP contribution in [0.1, 0.15) is 30.6 Å². The molecule has 110 valence electrons. The van der Waals surface area contributed by atoms with Crippen molar-refractivity contribution >= 4 is 16.0 Å². The molecule has 5 nitrogen and oxygen atoms in total. The second-order valence-corrected chi connectivity index (χ2v) is 7.12. The van der Waals surface area contributed by atoms with E-state index in [1.165, 1.54) is 0 Å². The van der Waals surface area contributed by atoms with Gasteiger partial charge in [-0.25, -0.2) is 26.7 Å². The molecule has 1 aliphatic rings.